The number of ether oxygens (including phenoxy) is 2. The number of carbonyl (C=O) groups excluding carboxylic acids is 2. The maximum absolute atomic E-state index is 13.0. The second-order valence-corrected chi connectivity index (χ2v) is 13.4. The lowest BCUT2D eigenvalue weighted by Crippen LogP contribution is -2.64. The van der Waals surface area contributed by atoms with Gasteiger partial charge in [-0.1, -0.05) is 19.1 Å². The Balaban J connectivity index is 1.73. The van der Waals surface area contributed by atoms with E-state index in [-0.39, 0.29) is 48.8 Å². The van der Waals surface area contributed by atoms with Gasteiger partial charge in [0.05, 0.1) is 31.8 Å². The van der Waals surface area contributed by atoms with Crippen LogP contribution in [0.3, 0.4) is 0 Å². The van der Waals surface area contributed by atoms with E-state index >= 15 is 0 Å². The highest BCUT2D eigenvalue weighted by atomic mass is 28.4. The van der Waals surface area contributed by atoms with Gasteiger partial charge in [-0.15, -0.1) is 0 Å². The molecule has 0 aliphatic carbocycles. The third kappa shape index (κ3) is 4.17. The number of carbonyl (C=O) groups is 2. The van der Waals surface area contributed by atoms with Crippen LogP contribution >= 0.6 is 0 Å². The highest BCUT2D eigenvalue weighted by Crippen LogP contribution is 2.48. The molecule has 2 aliphatic heterocycles. The quantitative estimate of drug-likeness (QED) is 0.385. The molecule has 8 heteroatoms. The molecule has 1 aromatic carbocycles. The van der Waals surface area contributed by atoms with Crippen molar-refractivity contribution in [3.63, 3.8) is 0 Å². The van der Waals surface area contributed by atoms with Crippen molar-refractivity contribution in [2.24, 2.45) is 11.8 Å². The van der Waals surface area contributed by atoms with Crippen molar-refractivity contribution in [3.05, 3.63) is 41.1 Å². The van der Waals surface area contributed by atoms with Gasteiger partial charge in [0.15, 0.2) is 8.32 Å². The number of esters is 1. The van der Waals surface area contributed by atoms with E-state index < -0.39 is 14.3 Å². The zero-order chi connectivity index (χ0) is 22.2. The Bertz CT molecular complexity index is 844. The first-order chi connectivity index (χ1) is 14.1. The van der Waals surface area contributed by atoms with Gasteiger partial charge in [0, 0.05) is 5.92 Å². The smallest absolute Gasteiger partial charge is 0.355 e. The molecule has 1 N–H and O–H groups in total. The third-order valence-corrected chi connectivity index (χ3v) is 6.81. The molecule has 1 fully saturated rings. The summed E-state index contributed by atoms with van der Waals surface area (Å²) < 4.78 is 16.7. The molecule has 1 amide bonds. The van der Waals surface area contributed by atoms with E-state index in [4.69, 9.17) is 13.9 Å². The van der Waals surface area contributed by atoms with Gasteiger partial charge in [0.25, 0.3) is 0 Å². The highest BCUT2D eigenvalue weighted by Gasteiger charge is 2.60. The number of methoxy groups -OCH3 is 1. The minimum absolute atomic E-state index is 0.0741. The number of hydrogen-bond acceptors (Lipinski definition) is 6. The molecule has 0 radical (unpaired) electrons. The number of aliphatic hydroxyl groups excluding tert-OH is 1. The normalized spacial score (nSPS) is 24.4. The van der Waals surface area contributed by atoms with Crippen molar-refractivity contribution in [1.29, 1.82) is 0 Å². The van der Waals surface area contributed by atoms with Crippen LogP contribution in [-0.4, -0.2) is 56.1 Å². The first kappa shape index (κ1) is 22.5. The van der Waals surface area contributed by atoms with Gasteiger partial charge >= 0.3 is 5.97 Å². The SMILES string of the molecule is COc1ccc(COC(=O)C2=C(CO)[C@H](C)[C@@H]3[C@@H](C(C)O[Si](C)(C)C)C(=O)N23)cc1. The topological polar surface area (TPSA) is 85.3 Å². The van der Waals surface area contributed by atoms with Crippen molar-refractivity contribution in [3.8, 4) is 5.75 Å². The van der Waals surface area contributed by atoms with Gasteiger partial charge in [-0.2, -0.15) is 0 Å². The number of aliphatic hydroxyl groups is 1. The Kier molecular flexibility index (Phi) is 6.40. The molecule has 1 unspecified atom stereocenters. The van der Waals surface area contributed by atoms with Gasteiger partial charge in [0.1, 0.15) is 18.1 Å². The fraction of sp³-hybridized carbons (Fsp3) is 0.545. The fourth-order valence-electron chi connectivity index (χ4n) is 4.40. The minimum atomic E-state index is -1.82. The summed E-state index contributed by atoms with van der Waals surface area (Å²) in [6, 6.07) is 7.02. The molecule has 4 atom stereocenters. The molecule has 7 nitrogen and oxygen atoms in total. The first-order valence-electron chi connectivity index (χ1n) is 10.2. The van der Waals surface area contributed by atoms with E-state index in [0.717, 1.165) is 11.3 Å². The van der Waals surface area contributed by atoms with Crippen LogP contribution in [0.25, 0.3) is 0 Å². The number of nitrogens with zero attached hydrogens (tertiary/aromatic N) is 1. The predicted molar refractivity (Wildman–Crippen MR) is 114 cm³/mol. The number of β-lactam (4-membered cyclic amide) rings is 1. The van der Waals surface area contributed by atoms with Crippen molar-refractivity contribution >= 4 is 20.2 Å². The highest BCUT2D eigenvalue weighted by molar-refractivity contribution is 6.69. The van der Waals surface area contributed by atoms with Crippen LogP contribution in [0.1, 0.15) is 19.4 Å². The molecule has 1 saturated heterocycles. The largest absolute Gasteiger partial charge is 0.497 e. The number of amides is 1. The predicted octanol–water partition coefficient (Wildman–Crippen LogP) is 2.70. The number of rotatable bonds is 8. The third-order valence-electron chi connectivity index (χ3n) is 5.73. The summed E-state index contributed by atoms with van der Waals surface area (Å²) >= 11 is 0. The van der Waals surface area contributed by atoms with Crippen LogP contribution < -0.4 is 4.74 Å². The molecular formula is C22H31NO6Si. The molecule has 30 heavy (non-hydrogen) atoms. The van der Waals surface area contributed by atoms with E-state index in [9.17, 15) is 14.7 Å². The average Bonchev–Trinajstić information content (AvgIpc) is 2.93. The second kappa shape index (κ2) is 8.53. The zero-order valence-corrected chi connectivity index (χ0v) is 19.5. The van der Waals surface area contributed by atoms with E-state index in [1.54, 1.807) is 19.2 Å². The summed E-state index contributed by atoms with van der Waals surface area (Å²) in [7, 11) is -0.231. The van der Waals surface area contributed by atoms with E-state index in [2.05, 4.69) is 19.6 Å². The second-order valence-electron chi connectivity index (χ2n) is 8.90. The van der Waals surface area contributed by atoms with Crippen LogP contribution in [0, 0.1) is 11.8 Å². The Hall–Kier alpha value is -2.16. The summed E-state index contributed by atoms with van der Waals surface area (Å²) in [6.45, 7) is 9.90. The molecule has 1 aromatic rings. The summed E-state index contributed by atoms with van der Waals surface area (Å²) in [4.78, 5) is 27.3. The van der Waals surface area contributed by atoms with Crippen LogP contribution in [0.4, 0.5) is 0 Å². The van der Waals surface area contributed by atoms with Crippen molar-refractivity contribution in [2.75, 3.05) is 13.7 Å². The maximum atomic E-state index is 13.0. The maximum Gasteiger partial charge on any atom is 0.355 e. The van der Waals surface area contributed by atoms with Crippen molar-refractivity contribution < 1.29 is 28.6 Å². The average molecular weight is 434 g/mol. The molecule has 3 rings (SSSR count). The Morgan fingerprint density at radius 1 is 1.23 bits per heavy atom. The van der Waals surface area contributed by atoms with Gasteiger partial charge in [-0.25, -0.2) is 4.79 Å². The van der Waals surface area contributed by atoms with Crippen LogP contribution in [0.15, 0.2) is 35.5 Å². The molecule has 0 bridgehead atoms. The van der Waals surface area contributed by atoms with Gasteiger partial charge in [-0.3, -0.25) is 4.79 Å². The standard InChI is InChI=1S/C22H31NO6Si/c1-13-17(11-24)20(22(26)28-12-15-7-9-16(27-3)10-8-15)23-19(13)18(21(23)25)14(2)29-30(4,5)6/h7-10,13-14,18-19,24H,11-12H2,1-6H3/t13-,14?,18+,19+/m0/s1. The molecular weight excluding hydrogens is 402 g/mol. The minimum Gasteiger partial charge on any atom is -0.497 e. The lowest BCUT2D eigenvalue weighted by atomic mass is 9.78. The summed E-state index contributed by atoms with van der Waals surface area (Å²) in [5.41, 5.74) is 1.55. The summed E-state index contributed by atoms with van der Waals surface area (Å²) in [5, 5.41) is 9.92. The molecule has 2 aliphatic rings. The van der Waals surface area contributed by atoms with Crippen LogP contribution in [0.5, 0.6) is 5.75 Å². The van der Waals surface area contributed by atoms with E-state index in [0.29, 0.717) is 5.57 Å². The lowest BCUT2D eigenvalue weighted by molar-refractivity contribution is -0.163. The lowest BCUT2D eigenvalue weighted by Gasteiger charge is -2.48. The summed E-state index contributed by atoms with van der Waals surface area (Å²) in [5.74, 6) is -0.462. The Morgan fingerprint density at radius 2 is 1.87 bits per heavy atom. The molecule has 2 heterocycles. The van der Waals surface area contributed by atoms with Crippen molar-refractivity contribution in [1.82, 2.24) is 4.90 Å². The Morgan fingerprint density at radius 3 is 2.40 bits per heavy atom. The number of hydrogen-bond donors (Lipinski definition) is 1. The van der Waals surface area contributed by atoms with E-state index in [1.807, 2.05) is 26.0 Å². The fourth-order valence-corrected chi connectivity index (χ4v) is 5.66. The monoisotopic (exact) mass is 433 g/mol. The molecule has 0 saturated carbocycles. The van der Waals surface area contributed by atoms with Crippen molar-refractivity contribution in [2.45, 2.75) is 52.2 Å². The summed E-state index contributed by atoms with van der Waals surface area (Å²) in [6.07, 6.45) is -0.234. The Labute approximate surface area is 178 Å². The van der Waals surface area contributed by atoms with E-state index in [1.165, 1.54) is 4.90 Å². The van der Waals surface area contributed by atoms with Crippen LogP contribution in [-0.2, 0) is 25.4 Å². The van der Waals surface area contributed by atoms with Crippen LogP contribution in [0.2, 0.25) is 19.6 Å². The van der Waals surface area contributed by atoms with Gasteiger partial charge in [0.2, 0.25) is 5.91 Å². The molecule has 0 aromatic heterocycles. The number of fused-ring (bicyclic) bond motifs is 1. The van der Waals surface area contributed by atoms with Gasteiger partial charge in [-0.05, 0) is 49.8 Å². The molecule has 0 spiro atoms. The molecule has 164 valence electrons. The zero-order valence-electron chi connectivity index (χ0n) is 18.5. The first-order valence-corrected chi connectivity index (χ1v) is 13.6. The van der Waals surface area contributed by atoms with Gasteiger partial charge < -0.3 is 23.9 Å². The number of benzene rings is 1.